The van der Waals surface area contributed by atoms with Gasteiger partial charge in [0, 0.05) is 11.1 Å². The molecule has 3 nitrogen and oxygen atoms in total. The number of carbonyl (C=O) groups is 1. The van der Waals surface area contributed by atoms with Gasteiger partial charge in [0.05, 0.1) is 13.7 Å². The van der Waals surface area contributed by atoms with Gasteiger partial charge in [0.15, 0.2) is 0 Å². The SMILES string of the molecule is COc1ccc(C(=O)NCC#Cc2ccc(F)cc2)cc1. The van der Waals surface area contributed by atoms with E-state index in [-0.39, 0.29) is 18.3 Å². The topological polar surface area (TPSA) is 38.3 Å². The molecule has 0 fully saturated rings. The van der Waals surface area contributed by atoms with Crippen molar-refractivity contribution in [2.75, 3.05) is 13.7 Å². The fraction of sp³-hybridized carbons (Fsp3) is 0.118. The van der Waals surface area contributed by atoms with Crippen LogP contribution in [0.25, 0.3) is 0 Å². The van der Waals surface area contributed by atoms with Crippen LogP contribution in [0.5, 0.6) is 5.75 Å². The minimum absolute atomic E-state index is 0.203. The molecule has 0 radical (unpaired) electrons. The summed E-state index contributed by atoms with van der Waals surface area (Å²) in [5.41, 5.74) is 1.24. The standard InChI is InChI=1S/C17H14FNO2/c1-21-16-10-6-14(7-11-16)17(20)19-12-2-3-13-4-8-15(18)9-5-13/h4-11H,12H2,1H3,(H,19,20). The highest BCUT2D eigenvalue weighted by Crippen LogP contribution is 2.10. The zero-order chi connectivity index (χ0) is 15.1. The molecular formula is C17H14FNO2. The number of hydrogen-bond donors (Lipinski definition) is 1. The number of hydrogen-bond acceptors (Lipinski definition) is 2. The van der Waals surface area contributed by atoms with Crippen LogP contribution < -0.4 is 10.1 Å². The highest BCUT2D eigenvalue weighted by molar-refractivity contribution is 5.94. The number of carbonyl (C=O) groups excluding carboxylic acids is 1. The molecule has 0 saturated heterocycles. The third-order valence-electron chi connectivity index (χ3n) is 2.77. The van der Waals surface area contributed by atoms with Crippen molar-refractivity contribution in [2.45, 2.75) is 0 Å². The molecule has 21 heavy (non-hydrogen) atoms. The molecule has 1 amide bonds. The second kappa shape index (κ2) is 7.11. The van der Waals surface area contributed by atoms with Crippen LogP contribution in [0.3, 0.4) is 0 Å². The van der Waals surface area contributed by atoms with Crippen LogP contribution in [0.2, 0.25) is 0 Å². The predicted molar refractivity (Wildman–Crippen MR) is 78.6 cm³/mol. The summed E-state index contributed by atoms with van der Waals surface area (Å²) in [5.74, 6) is 5.86. The quantitative estimate of drug-likeness (QED) is 0.879. The Balaban J connectivity index is 1.88. The second-order valence-electron chi connectivity index (χ2n) is 4.22. The summed E-state index contributed by atoms with van der Waals surface area (Å²) in [6.45, 7) is 0.224. The molecule has 0 heterocycles. The first-order valence-corrected chi connectivity index (χ1v) is 6.36. The predicted octanol–water partition coefficient (Wildman–Crippen LogP) is 2.62. The summed E-state index contributed by atoms with van der Waals surface area (Å²) in [7, 11) is 1.57. The molecule has 0 aliphatic heterocycles. The largest absolute Gasteiger partial charge is 0.497 e. The summed E-state index contributed by atoms with van der Waals surface area (Å²) >= 11 is 0. The Hall–Kier alpha value is -2.80. The minimum atomic E-state index is -0.298. The molecule has 0 atom stereocenters. The van der Waals surface area contributed by atoms with Crippen molar-refractivity contribution < 1.29 is 13.9 Å². The molecule has 0 spiro atoms. The summed E-state index contributed by atoms with van der Waals surface area (Å²) < 4.78 is 17.7. The van der Waals surface area contributed by atoms with E-state index in [9.17, 15) is 9.18 Å². The summed E-state index contributed by atoms with van der Waals surface area (Å²) in [6, 6.07) is 12.7. The minimum Gasteiger partial charge on any atom is -0.497 e. The van der Waals surface area contributed by atoms with E-state index in [1.54, 1.807) is 43.5 Å². The third kappa shape index (κ3) is 4.36. The van der Waals surface area contributed by atoms with Gasteiger partial charge in [0.1, 0.15) is 11.6 Å². The summed E-state index contributed by atoms with van der Waals surface area (Å²) in [4.78, 5) is 11.8. The van der Waals surface area contributed by atoms with Gasteiger partial charge in [-0.3, -0.25) is 4.79 Å². The molecule has 0 bridgehead atoms. The van der Waals surface area contributed by atoms with E-state index in [1.807, 2.05) is 0 Å². The molecule has 2 aromatic rings. The van der Waals surface area contributed by atoms with Crippen molar-refractivity contribution in [3.05, 3.63) is 65.5 Å². The van der Waals surface area contributed by atoms with Gasteiger partial charge in [0.25, 0.3) is 5.91 Å². The maximum absolute atomic E-state index is 12.7. The van der Waals surface area contributed by atoms with E-state index in [4.69, 9.17) is 4.74 Å². The lowest BCUT2D eigenvalue weighted by atomic mass is 10.2. The lowest BCUT2D eigenvalue weighted by Crippen LogP contribution is -2.23. The van der Waals surface area contributed by atoms with Crippen molar-refractivity contribution in [1.29, 1.82) is 0 Å². The van der Waals surface area contributed by atoms with Crippen LogP contribution in [-0.4, -0.2) is 19.6 Å². The van der Waals surface area contributed by atoms with Crippen molar-refractivity contribution in [3.63, 3.8) is 0 Å². The number of benzene rings is 2. The number of methoxy groups -OCH3 is 1. The highest BCUT2D eigenvalue weighted by atomic mass is 19.1. The first kappa shape index (κ1) is 14.6. The van der Waals surface area contributed by atoms with Gasteiger partial charge >= 0.3 is 0 Å². The van der Waals surface area contributed by atoms with Crippen LogP contribution in [0.1, 0.15) is 15.9 Å². The molecule has 106 valence electrons. The monoisotopic (exact) mass is 283 g/mol. The molecule has 0 unspecified atom stereocenters. The van der Waals surface area contributed by atoms with E-state index in [0.29, 0.717) is 16.9 Å². The van der Waals surface area contributed by atoms with E-state index in [1.165, 1.54) is 12.1 Å². The second-order valence-corrected chi connectivity index (χ2v) is 4.22. The first-order chi connectivity index (χ1) is 10.2. The molecule has 0 aromatic heterocycles. The number of ether oxygens (including phenoxy) is 1. The van der Waals surface area contributed by atoms with Crippen LogP contribution in [-0.2, 0) is 0 Å². The molecule has 4 heteroatoms. The van der Waals surface area contributed by atoms with Crippen LogP contribution in [0.4, 0.5) is 4.39 Å². The molecule has 0 aliphatic rings. The third-order valence-corrected chi connectivity index (χ3v) is 2.77. The van der Waals surface area contributed by atoms with Crippen molar-refractivity contribution in [2.24, 2.45) is 0 Å². The maximum Gasteiger partial charge on any atom is 0.252 e. The lowest BCUT2D eigenvalue weighted by molar-refractivity contribution is 0.0958. The molecule has 0 aliphatic carbocycles. The van der Waals surface area contributed by atoms with Gasteiger partial charge in [-0.05, 0) is 48.5 Å². The number of rotatable bonds is 3. The van der Waals surface area contributed by atoms with E-state index in [2.05, 4.69) is 17.2 Å². The van der Waals surface area contributed by atoms with E-state index >= 15 is 0 Å². The Bertz CT molecular complexity index is 667. The average Bonchev–Trinajstić information content (AvgIpc) is 2.53. The van der Waals surface area contributed by atoms with Gasteiger partial charge in [-0.15, -0.1) is 0 Å². The number of nitrogens with one attached hydrogen (secondary N) is 1. The first-order valence-electron chi connectivity index (χ1n) is 6.36. The fourth-order valence-corrected chi connectivity index (χ4v) is 1.65. The molecule has 0 saturated carbocycles. The maximum atomic E-state index is 12.7. The Morgan fingerprint density at radius 3 is 2.43 bits per heavy atom. The summed E-state index contributed by atoms with van der Waals surface area (Å²) in [5, 5.41) is 2.69. The molecule has 1 N–H and O–H groups in total. The lowest BCUT2D eigenvalue weighted by Gasteiger charge is -2.03. The summed E-state index contributed by atoms with van der Waals surface area (Å²) in [6.07, 6.45) is 0. The number of halogens is 1. The Labute approximate surface area is 122 Å². The van der Waals surface area contributed by atoms with Gasteiger partial charge in [-0.25, -0.2) is 4.39 Å². The van der Waals surface area contributed by atoms with Crippen molar-refractivity contribution >= 4 is 5.91 Å². The molecular weight excluding hydrogens is 269 g/mol. The Morgan fingerprint density at radius 2 is 1.81 bits per heavy atom. The van der Waals surface area contributed by atoms with Crippen LogP contribution in [0.15, 0.2) is 48.5 Å². The Morgan fingerprint density at radius 1 is 1.14 bits per heavy atom. The van der Waals surface area contributed by atoms with Gasteiger partial charge in [-0.1, -0.05) is 11.8 Å². The van der Waals surface area contributed by atoms with Crippen molar-refractivity contribution in [1.82, 2.24) is 5.32 Å². The molecule has 2 rings (SSSR count). The Kier molecular flexibility index (Phi) is 4.94. The molecule has 2 aromatic carbocycles. The van der Waals surface area contributed by atoms with E-state index in [0.717, 1.165) is 0 Å². The average molecular weight is 283 g/mol. The fourth-order valence-electron chi connectivity index (χ4n) is 1.65. The van der Waals surface area contributed by atoms with Gasteiger partial charge < -0.3 is 10.1 Å². The van der Waals surface area contributed by atoms with E-state index < -0.39 is 0 Å². The van der Waals surface area contributed by atoms with Gasteiger partial charge in [-0.2, -0.15) is 0 Å². The van der Waals surface area contributed by atoms with Gasteiger partial charge in [0.2, 0.25) is 0 Å². The van der Waals surface area contributed by atoms with Crippen LogP contribution >= 0.6 is 0 Å². The highest BCUT2D eigenvalue weighted by Gasteiger charge is 2.03. The zero-order valence-corrected chi connectivity index (χ0v) is 11.5. The van der Waals surface area contributed by atoms with Crippen molar-refractivity contribution in [3.8, 4) is 17.6 Å². The normalized spacial score (nSPS) is 9.43. The smallest absolute Gasteiger partial charge is 0.252 e. The van der Waals surface area contributed by atoms with Crippen LogP contribution in [0, 0.1) is 17.7 Å². The number of amides is 1. The zero-order valence-electron chi connectivity index (χ0n) is 11.5.